The number of rotatable bonds is 6. The fourth-order valence-corrected chi connectivity index (χ4v) is 5.11. The number of anilines is 1. The van der Waals surface area contributed by atoms with Crippen LogP contribution in [0.5, 0.6) is 0 Å². The van der Waals surface area contributed by atoms with Crippen molar-refractivity contribution in [3.05, 3.63) is 30.3 Å². The molecular weight excluding hydrogens is 346 g/mol. The van der Waals surface area contributed by atoms with Crippen molar-refractivity contribution in [1.82, 2.24) is 4.08 Å². The molecule has 1 aromatic carbocycles. The van der Waals surface area contributed by atoms with E-state index < -0.39 is 16.9 Å². The van der Waals surface area contributed by atoms with Crippen LogP contribution < -0.4 is 60.6 Å². The molecule has 1 aromatic rings. The van der Waals surface area contributed by atoms with Crippen molar-refractivity contribution in [2.24, 2.45) is 0 Å². The van der Waals surface area contributed by atoms with E-state index in [-0.39, 0.29) is 58.0 Å². The molecule has 0 spiro atoms. The Balaban J connectivity index is 0.00000361. The third kappa shape index (κ3) is 5.10. The van der Waals surface area contributed by atoms with Crippen LogP contribution in [0, 0.1) is 0 Å². The SMILES string of the molecule is CCOP([O-])(=S)N(C)S(=O)(=O)N(C)c1ccccc1.[K+]. The molecule has 0 aliphatic carbocycles. The van der Waals surface area contributed by atoms with Crippen LogP contribution in [-0.2, 0) is 26.5 Å². The Bertz CT molecular complexity index is 570. The number of benzene rings is 1. The third-order valence-corrected chi connectivity index (χ3v) is 7.91. The number of para-hydroxylation sites is 1. The number of hydrogen-bond acceptors (Lipinski definition) is 5. The molecule has 0 aliphatic rings. The van der Waals surface area contributed by atoms with Crippen molar-refractivity contribution >= 4 is 34.3 Å². The first-order chi connectivity index (χ1) is 8.73. The van der Waals surface area contributed by atoms with Crippen molar-refractivity contribution in [3.63, 3.8) is 0 Å². The van der Waals surface area contributed by atoms with E-state index in [1.807, 2.05) is 0 Å². The molecule has 108 valence electrons. The van der Waals surface area contributed by atoms with Gasteiger partial charge in [-0.15, -0.1) is 4.08 Å². The van der Waals surface area contributed by atoms with Gasteiger partial charge in [0.15, 0.2) is 0 Å². The predicted molar refractivity (Wildman–Crippen MR) is 77.4 cm³/mol. The minimum absolute atomic E-state index is 0. The van der Waals surface area contributed by atoms with Gasteiger partial charge in [0.2, 0.25) is 0 Å². The summed E-state index contributed by atoms with van der Waals surface area (Å²) in [6.45, 7) is -2.12. The van der Waals surface area contributed by atoms with Crippen LogP contribution in [0.15, 0.2) is 30.3 Å². The molecule has 6 nitrogen and oxygen atoms in total. The van der Waals surface area contributed by atoms with Crippen molar-refractivity contribution in [2.75, 3.05) is 25.0 Å². The van der Waals surface area contributed by atoms with E-state index in [0.29, 0.717) is 9.76 Å². The molecule has 0 amide bonds. The van der Waals surface area contributed by atoms with Gasteiger partial charge >= 0.3 is 61.6 Å². The average molecular weight is 362 g/mol. The van der Waals surface area contributed by atoms with Gasteiger partial charge in [0.25, 0.3) is 0 Å². The summed E-state index contributed by atoms with van der Waals surface area (Å²) in [7, 11) is -1.48. The summed E-state index contributed by atoms with van der Waals surface area (Å²) in [5, 5.41) is 0. The maximum absolute atomic E-state index is 12.3. The summed E-state index contributed by atoms with van der Waals surface area (Å²) in [6.07, 6.45) is 0. The maximum atomic E-state index is 12.3. The minimum Gasteiger partial charge on any atom is -0.789 e. The summed E-state index contributed by atoms with van der Waals surface area (Å²) in [5.74, 6) is 0. The van der Waals surface area contributed by atoms with E-state index in [2.05, 4.69) is 0 Å². The van der Waals surface area contributed by atoms with Gasteiger partial charge in [-0.3, -0.25) is 4.31 Å². The summed E-state index contributed by atoms with van der Waals surface area (Å²) >= 11 is 4.74. The topological polar surface area (TPSA) is 72.9 Å². The third-order valence-electron chi connectivity index (χ3n) is 2.44. The van der Waals surface area contributed by atoms with Gasteiger partial charge in [-0.05, 0) is 19.1 Å². The van der Waals surface area contributed by atoms with Gasteiger partial charge in [0.05, 0.1) is 12.3 Å². The second-order valence-electron chi connectivity index (χ2n) is 3.63. The Hall–Kier alpha value is 1.14. The zero-order valence-electron chi connectivity index (χ0n) is 11.9. The largest absolute Gasteiger partial charge is 1.00 e. The van der Waals surface area contributed by atoms with Crippen LogP contribution in [0.3, 0.4) is 0 Å². The molecule has 0 aliphatic heterocycles. The van der Waals surface area contributed by atoms with Gasteiger partial charge in [0, 0.05) is 20.7 Å². The normalized spacial score (nSPS) is 14.4. The number of nitrogens with zero attached hydrogens (tertiary/aromatic N) is 2. The number of hydrogen-bond donors (Lipinski definition) is 0. The predicted octanol–water partition coefficient (Wildman–Crippen LogP) is -2.08. The summed E-state index contributed by atoms with van der Waals surface area (Å²) in [4.78, 5) is 12.0. The van der Waals surface area contributed by atoms with E-state index in [1.54, 1.807) is 37.3 Å². The molecule has 0 N–H and O–H groups in total. The van der Waals surface area contributed by atoms with E-state index in [9.17, 15) is 13.3 Å². The molecule has 0 saturated heterocycles. The van der Waals surface area contributed by atoms with Crippen molar-refractivity contribution in [2.45, 2.75) is 6.92 Å². The van der Waals surface area contributed by atoms with Crippen LogP contribution in [0.4, 0.5) is 5.69 Å². The quantitative estimate of drug-likeness (QED) is 0.429. The Morgan fingerprint density at radius 3 is 2.25 bits per heavy atom. The second kappa shape index (κ2) is 8.69. The molecule has 0 bridgehead atoms. The standard InChI is InChI=1S/C10H17N2O4PS2.K/c1-4-16-17(13,18)12(3)19(14,15)11(2)10-8-6-5-7-9-10;/h5-9H,4H2,1-3H3,(H,13,18);/q;+1/p-1. The molecule has 0 fully saturated rings. The van der Waals surface area contributed by atoms with Gasteiger partial charge in [-0.25, -0.2) is 0 Å². The molecule has 1 atom stereocenters. The monoisotopic (exact) mass is 362 g/mol. The van der Waals surface area contributed by atoms with Crippen molar-refractivity contribution in [1.29, 1.82) is 0 Å². The summed E-state index contributed by atoms with van der Waals surface area (Å²) < 4.78 is 31.0. The smallest absolute Gasteiger partial charge is 0.789 e. The fourth-order valence-electron chi connectivity index (χ4n) is 1.32. The van der Waals surface area contributed by atoms with E-state index in [4.69, 9.17) is 16.3 Å². The van der Waals surface area contributed by atoms with Gasteiger partial charge in [-0.1, -0.05) is 30.0 Å². The Labute approximate surface area is 167 Å². The molecule has 1 rings (SSSR count). The molecular formula is C10H16KN2O4PS2. The molecule has 0 heterocycles. The van der Waals surface area contributed by atoms with Crippen LogP contribution in [0.25, 0.3) is 0 Å². The zero-order chi connectivity index (χ0) is 14.7. The second-order valence-corrected chi connectivity index (χ2v) is 9.07. The van der Waals surface area contributed by atoms with Crippen molar-refractivity contribution in [3.8, 4) is 0 Å². The van der Waals surface area contributed by atoms with Crippen LogP contribution in [-0.4, -0.2) is 33.2 Å². The Morgan fingerprint density at radius 1 is 1.30 bits per heavy atom. The molecule has 0 radical (unpaired) electrons. The van der Waals surface area contributed by atoms with Gasteiger partial charge < -0.3 is 9.42 Å². The van der Waals surface area contributed by atoms with Crippen LogP contribution in [0.2, 0.25) is 0 Å². The van der Waals surface area contributed by atoms with Crippen molar-refractivity contribution < 1.29 is 69.2 Å². The first-order valence-electron chi connectivity index (χ1n) is 5.47. The first-order valence-corrected chi connectivity index (χ1v) is 9.46. The first kappa shape index (κ1) is 21.1. The van der Waals surface area contributed by atoms with Gasteiger partial charge in [0.1, 0.15) is 0 Å². The van der Waals surface area contributed by atoms with E-state index >= 15 is 0 Å². The Morgan fingerprint density at radius 2 is 1.80 bits per heavy atom. The average Bonchev–Trinajstić information content (AvgIpc) is 2.37. The zero-order valence-corrected chi connectivity index (χ0v) is 17.5. The molecule has 20 heavy (non-hydrogen) atoms. The summed E-state index contributed by atoms with van der Waals surface area (Å²) in [6, 6.07) is 8.43. The van der Waals surface area contributed by atoms with E-state index in [1.165, 1.54) is 7.05 Å². The molecule has 0 aromatic heterocycles. The van der Waals surface area contributed by atoms with Crippen LogP contribution in [0.1, 0.15) is 6.92 Å². The summed E-state index contributed by atoms with van der Waals surface area (Å²) in [5.41, 5.74) is 0.445. The fraction of sp³-hybridized carbons (Fsp3) is 0.400. The van der Waals surface area contributed by atoms with Gasteiger partial charge in [-0.2, -0.15) is 8.42 Å². The Kier molecular flexibility index (Phi) is 9.18. The molecule has 10 heteroatoms. The maximum Gasteiger partial charge on any atom is 1.00 e. The molecule has 1 unspecified atom stereocenters. The molecule has 0 saturated carbocycles. The van der Waals surface area contributed by atoms with E-state index in [0.717, 1.165) is 11.4 Å². The minimum atomic E-state index is -4.00. The van der Waals surface area contributed by atoms with Crippen LogP contribution >= 0.6 is 6.64 Å².